The third-order valence-corrected chi connectivity index (χ3v) is 2.70. The molecule has 1 aliphatic carbocycles. The minimum Gasteiger partial charge on any atom is -0.431 e. The lowest BCUT2D eigenvalue weighted by Gasteiger charge is -2.23. The molecule has 0 saturated heterocycles. The van der Waals surface area contributed by atoms with Crippen LogP contribution in [-0.2, 0) is 9.47 Å². The summed E-state index contributed by atoms with van der Waals surface area (Å²) in [5.74, 6) is 0. The van der Waals surface area contributed by atoms with Crippen LogP contribution in [-0.4, -0.2) is 17.9 Å². The predicted octanol–water partition coefficient (Wildman–Crippen LogP) is 4.05. The quantitative estimate of drug-likeness (QED) is 0.635. The molecule has 0 aliphatic heterocycles. The average Bonchev–Trinajstić information content (AvgIpc) is 2.06. The van der Waals surface area contributed by atoms with Gasteiger partial charge < -0.3 is 9.47 Å². The molecule has 1 rings (SSSR count). The number of ether oxygens (including phenoxy) is 2. The highest BCUT2D eigenvalue weighted by Crippen LogP contribution is 2.20. The van der Waals surface area contributed by atoms with Gasteiger partial charge >= 0.3 is 6.16 Å². The Kier molecular flexibility index (Phi) is 5.10. The van der Waals surface area contributed by atoms with Gasteiger partial charge in [0.1, 0.15) is 11.7 Å². The molecule has 0 bridgehead atoms. The summed E-state index contributed by atoms with van der Waals surface area (Å²) >= 11 is 0. The first-order valence-electron chi connectivity index (χ1n) is 6.37. The van der Waals surface area contributed by atoms with Crippen molar-refractivity contribution in [1.29, 1.82) is 0 Å². The van der Waals surface area contributed by atoms with Crippen LogP contribution in [0.15, 0.2) is 0 Å². The Hall–Kier alpha value is -0.730. The Bertz CT molecular complexity index is 210. The van der Waals surface area contributed by atoms with Crippen molar-refractivity contribution in [3.8, 4) is 0 Å². The molecule has 0 unspecified atom stereocenters. The van der Waals surface area contributed by atoms with Gasteiger partial charge in [-0.1, -0.05) is 19.3 Å². The number of carbonyl (C=O) groups is 1. The van der Waals surface area contributed by atoms with E-state index in [0.29, 0.717) is 0 Å². The SMILES string of the molecule is CC(C)(C)OC(=O)OC1CCCCCCC1. The minimum absolute atomic E-state index is 0.0650. The topological polar surface area (TPSA) is 35.5 Å². The summed E-state index contributed by atoms with van der Waals surface area (Å²) in [5, 5.41) is 0. The van der Waals surface area contributed by atoms with Crippen LogP contribution in [0.2, 0.25) is 0 Å². The molecule has 1 saturated carbocycles. The molecule has 0 N–H and O–H groups in total. The van der Waals surface area contributed by atoms with E-state index in [0.717, 1.165) is 25.7 Å². The molecule has 0 spiro atoms. The van der Waals surface area contributed by atoms with Gasteiger partial charge in [-0.15, -0.1) is 0 Å². The van der Waals surface area contributed by atoms with Crippen molar-refractivity contribution in [1.82, 2.24) is 0 Å². The molecule has 0 radical (unpaired) electrons. The average molecular weight is 228 g/mol. The number of rotatable bonds is 1. The van der Waals surface area contributed by atoms with Gasteiger partial charge in [-0.05, 0) is 46.5 Å². The van der Waals surface area contributed by atoms with Gasteiger partial charge in [0.2, 0.25) is 0 Å². The largest absolute Gasteiger partial charge is 0.509 e. The third-order valence-electron chi connectivity index (χ3n) is 2.70. The van der Waals surface area contributed by atoms with E-state index >= 15 is 0 Å². The van der Waals surface area contributed by atoms with E-state index in [2.05, 4.69) is 0 Å². The first kappa shape index (κ1) is 13.3. The maximum atomic E-state index is 11.5. The molecule has 3 nitrogen and oxygen atoms in total. The van der Waals surface area contributed by atoms with Crippen molar-refractivity contribution in [3.05, 3.63) is 0 Å². The Morgan fingerprint density at radius 1 is 1.00 bits per heavy atom. The van der Waals surface area contributed by atoms with Gasteiger partial charge in [-0.2, -0.15) is 0 Å². The molecule has 16 heavy (non-hydrogen) atoms. The van der Waals surface area contributed by atoms with Crippen LogP contribution >= 0.6 is 0 Å². The van der Waals surface area contributed by atoms with Crippen LogP contribution in [0, 0.1) is 0 Å². The van der Waals surface area contributed by atoms with Crippen molar-refractivity contribution in [2.24, 2.45) is 0 Å². The molecular weight excluding hydrogens is 204 g/mol. The van der Waals surface area contributed by atoms with E-state index in [4.69, 9.17) is 9.47 Å². The molecule has 0 aromatic rings. The number of hydrogen-bond donors (Lipinski definition) is 0. The molecule has 0 aromatic carbocycles. The monoisotopic (exact) mass is 228 g/mol. The Morgan fingerprint density at radius 2 is 1.50 bits per heavy atom. The van der Waals surface area contributed by atoms with Crippen LogP contribution < -0.4 is 0 Å². The molecule has 3 heteroatoms. The number of hydrogen-bond acceptors (Lipinski definition) is 3. The maximum absolute atomic E-state index is 11.5. The fraction of sp³-hybridized carbons (Fsp3) is 0.923. The Morgan fingerprint density at radius 3 is 2.00 bits per heavy atom. The highest BCUT2D eigenvalue weighted by molar-refractivity contribution is 5.60. The van der Waals surface area contributed by atoms with Crippen molar-refractivity contribution < 1.29 is 14.3 Å². The summed E-state index contributed by atoms with van der Waals surface area (Å²) in [5.41, 5.74) is -0.460. The fourth-order valence-electron chi connectivity index (χ4n) is 1.95. The summed E-state index contributed by atoms with van der Waals surface area (Å²) < 4.78 is 10.5. The summed E-state index contributed by atoms with van der Waals surface area (Å²) in [6.45, 7) is 5.56. The summed E-state index contributed by atoms with van der Waals surface area (Å²) in [7, 11) is 0. The molecule has 1 fully saturated rings. The lowest BCUT2D eigenvalue weighted by molar-refractivity contribution is -0.0313. The summed E-state index contributed by atoms with van der Waals surface area (Å²) in [6.07, 6.45) is 7.68. The van der Waals surface area contributed by atoms with Crippen LogP contribution in [0.4, 0.5) is 4.79 Å². The maximum Gasteiger partial charge on any atom is 0.509 e. The van der Waals surface area contributed by atoms with Crippen LogP contribution in [0.5, 0.6) is 0 Å². The van der Waals surface area contributed by atoms with Gasteiger partial charge in [-0.3, -0.25) is 0 Å². The lowest BCUT2D eigenvalue weighted by Crippen LogP contribution is -2.28. The van der Waals surface area contributed by atoms with Gasteiger partial charge in [-0.25, -0.2) is 4.79 Å². The summed E-state index contributed by atoms with van der Waals surface area (Å²) in [6, 6.07) is 0. The zero-order chi connectivity index (χ0) is 12.0. The summed E-state index contributed by atoms with van der Waals surface area (Å²) in [4.78, 5) is 11.5. The van der Waals surface area contributed by atoms with E-state index in [-0.39, 0.29) is 6.10 Å². The standard InChI is InChI=1S/C13H24O3/c1-13(2,3)16-12(14)15-11-9-7-5-4-6-8-10-11/h11H,4-10H2,1-3H3. The first-order valence-corrected chi connectivity index (χ1v) is 6.37. The molecular formula is C13H24O3. The van der Waals surface area contributed by atoms with Crippen LogP contribution in [0.25, 0.3) is 0 Å². The van der Waals surface area contributed by atoms with E-state index in [1.807, 2.05) is 20.8 Å². The Labute approximate surface area is 98.5 Å². The van der Waals surface area contributed by atoms with Gasteiger partial charge in [0, 0.05) is 0 Å². The smallest absolute Gasteiger partial charge is 0.431 e. The van der Waals surface area contributed by atoms with Gasteiger partial charge in [0.25, 0.3) is 0 Å². The van der Waals surface area contributed by atoms with Crippen molar-refractivity contribution in [2.45, 2.75) is 77.4 Å². The molecule has 0 aromatic heterocycles. The molecule has 1 aliphatic rings. The second-order valence-corrected chi connectivity index (χ2v) is 5.55. The highest BCUT2D eigenvalue weighted by Gasteiger charge is 2.21. The van der Waals surface area contributed by atoms with E-state index in [9.17, 15) is 4.79 Å². The molecule has 0 atom stereocenters. The second kappa shape index (κ2) is 6.12. The predicted molar refractivity (Wildman–Crippen MR) is 63.4 cm³/mol. The Balaban J connectivity index is 2.30. The van der Waals surface area contributed by atoms with E-state index in [1.54, 1.807) is 0 Å². The van der Waals surface area contributed by atoms with E-state index in [1.165, 1.54) is 19.3 Å². The highest BCUT2D eigenvalue weighted by atomic mass is 16.7. The normalized spacial score (nSPS) is 19.7. The fourth-order valence-corrected chi connectivity index (χ4v) is 1.95. The van der Waals surface area contributed by atoms with Crippen molar-refractivity contribution in [2.75, 3.05) is 0 Å². The van der Waals surface area contributed by atoms with Gasteiger partial charge in [0.15, 0.2) is 0 Å². The van der Waals surface area contributed by atoms with Crippen LogP contribution in [0.3, 0.4) is 0 Å². The molecule has 94 valence electrons. The minimum atomic E-state index is -0.516. The zero-order valence-corrected chi connectivity index (χ0v) is 10.8. The van der Waals surface area contributed by atoms with E-state index < -0.39 is 11.8 Å². The zero-order valence-electron chi connectivity index (χ0n) is 10.8. The number of carbonyl (C=O) groups excluding carboxylic acids is 1. The van der Waals surface area contributed by atoms with Crippen LogP contribution in [0.1, 0.15) is 65.7 Å². The van der Waals surface area contributed by atoms with Gasteiger partial charge in [0.05, 0.1) is 0 Å². The first-order chi connectivity index (χ1) is 7.47. The van der Waals surface area contributed by atoms with Crippen molar-refractivity contribution >= 4 is 6.16 Å². The second-order valence-electron chi connectivity index (χ2n) is 5.55. The molecule has 0 heterocycles. The molecule has 0 amide bonds. The lowest BCUT2D eigenvalue weighted by atomic mass is 9.99. The van der Waals surface area contributed by atoms with Crippen molar-refractivity contribution in [3.63, 3.8) is 0 Å². The third kappa shape index (κ3) is 5.99.